The number of aromatic nitrogens is 2. The molecule has 0 fully saturated rings. The highest BCUT2D eigenvalue weighted by Gasteiger charge is 2.12. The third-order valence-electron chi connectivity index (χ3n) is 7.19. The molecular weight excluding hydrogens is 544 g/mol. The molecule has 1 heterocycles. The lowest BCUT2D eigenvalue weighted by atomic mass is 10.0. The van der Waals surface area contributed by atoms with E-state index in [1.165, 1.54) is 89.2 Å². The van der Waals surface area contributed by atoms with Crippen LogP contribution in [0.5, 0.6) is 5.75 Å². The summed E-state index contributed by atoms with van der Waals surface area (Å²) in [5.41, 5.74) is 2.66. The van der Waals surface area contributed by atoms with Crippen LogP contribution in [0.1, 0.15) is 110 Å². The minimum atomic E-state index is -0.521. The molecule has 43 heavy (non-hydrogen) atoms. The highest BCUT2D eigenvalue weighted by Crippen LogP contribution is 2.19. The lowest BCUT2D eigenvalue weighted by molar-refractivity contribution is -0.140. The molecule has 0 amide bonds. The van der Waals surface area contributed by atoms with Crippen molar-refractivity contribution in [2.45, 2.75) is 90.4 Å². The number of aryl methyl sites for hydroxylation is 1. The van der Waals surface area contributed by atoms with E-state index in [4.69, 9.17) is 9.47 Å². The van der Waals surface area contributed by atoms with E-state index >= 15 is 0 Å². The molecule has 0 spiro atoms. The number of rotatable bonds is 19. The Bertz CT molecular complexity index is 1260. The minimum Gasteiger partial charge on any atom is -0.469 e. The lowest BCUT2D eigenvalue weighted by Gasteiger charge is -2.07. The molecule has 3 aromatic rings. The third-order valence-corrected chi connectivity index (χ3v) is 7.19. The monoisotopic (exact) mass is 588 g/mol. The zero-order chi connectivity index (χ0) is 30.7. The number of benzene rings is 2. The minimum absolute atomic E-state index is 0.106. The largest absolute Gasteiger partial charge is 0.469 e. The summed E-state index contributed by atoms with van der Waals surface area (Å²) in [4.78, 5) is 45.0. The van der Waals surface area contributed by atoms with E-state index in [0.717, 1.165) is 24.0 Å². The normalized spacial score (nSPS) is 10.7. The van der Waals surface area contributed by atoms with E-state index < -0.39 is 11.9 Å². The highest BCUT2D eigenvalue weighted by atomic mass is 16.5. The summed E-state index contributed by atoms with van der Waals surface area (Å²) in [6.07, 6.45) is 18.5. The molecule has 0 atom stereocenters. The summed E-state index contributed by atoms with van der Waals surface area (Å²) in [6, 6.07) is 13.1. The number of carbonyl (C=O) groups excluding carboxylic acids is 3. The Morgan fingerprint density at radius 1 is 0.674 bits per heavy atom. The van der Waals surface area contributed by atoms with Crippen LogP contribution in [0.3, 0.4) is 0 Å². The zero-order valence-electron chi connectivity index (χ0n) is 25.5. The van der Waals surface area contributed by atoms with Crippen LogP contribution in [0.2, 0.25) is 0 Å². The molecule has 1 aromatic heterocycles. The summed E-state index contributed by atoms with van der Waals surface area (Å²) in [5.74, 6) is -0.476. The number of carbonyl (C=O) groups is 3. The number of nitrogens with zero attached hydrogens (tertiary/aromatic N) is 2. The number of ether oxygens (including phenoxy) is 3. The first-order chi connectivity index (χ1) is 21.0. The van der Waals surface area contributed by atoms with E-state index in [2.05, 4.69) is 21.6 Å². The van der Waals surface area contributed by atoms with Gasteiger partial charge in [0, 0.05) is 24.4 Å². The number of hydrogen-bond acceptors (Lipinski definition) is 8. The first-order valence-electron chi connectivity index (χ1n) is 15.5. The van der Waals surface area contributed by atoms with Crippen molar-refractivity contribution in [1.29, 1.82) is 0 Å². The molecular formula is C35H44N2O6. The molecule has 0 aliphatic rings. The van der Waals surface area contributed by atoms with Gasteiger partial charge in [0.25, 0.3) is 0 Å². The van der Waals surface area contributed by atoms with Gasteiger partial charge in [0.15, 0.2) is 5.82 Å². The molecule has 230 valence electrons. The predicted octanol–water partition coefficient (Wildman–Crippen LogP) is 7.94. The van der Waals surface area contributed by atoms with Crippen molar-refractivity contribution in [3.05, 3.63) is 77.6 Å². The van der Waals surface area contributed by atoms with Crippen LogP contribution in [-0.4, -0.2) is 41.6 Å². The summed E-state index contributed by atoms with van der Waals surface area (Å²) >= 11 is 0. The molecule has 8 nitrogen and oxygen atoms in total. The molecule has 0 saturated heterocycles. The SMILES string of the molecule is CCCCCCCCCCCCc1cnc(-c2ccc(C(=O)Oc3ccc(C(=O)OCCCC(=O)OC)cc3)cc2)nc1. The van der Waals surface area contributed by atoms with Gasteiger partial charge >= 0.3 is 17.9 Å². The molecule has 0 bridgehead atoms. The molecule has 0 radical (unpaired) electrons. The number of hydrogen-bond donors (Lipinski definition) is 0. The van der Waals surface area contributed by atoms with E-state index in [9.17, 15) is 14.4 Å². The van der Waals surface area contributed by atoms with Gasteiger partial charge in [-0.05, 0) is 61.2 Å². The van der Waals surface area contributed by atoms with E-state index in [1.54, 1.807) is 24.3 Å². The maximum Gasteiger partial charge on any atom is 0.343 e. The van der Waals surface area contributed by atoms with E-state index in [0.29, 0.717) is 29.1 Å². The zero-order valence-corrected chi connectivity index (χ0v) is 25.5. The summed E-state index contributed by atoms with van der Waals surface area (Å²) in [7, 11) is 1.31. The second kappa shape index (κ2) is 19.2. The highest BCUT2D eigenvalue weighted by molar-refractivity contribution is 5.92. The summed E-state index contributed by atoms with van der Waals surface area (Å²) < 4.78 is 15.1. The maximum absolute atomic E-state index is 12.6. The van der Waals surface area contributed by atoms with Crippen LogP contribution in [0.25, 0.3) is 11.4 Å². The molecule has 0 aliphatic heterocycles. The van der Waals surface area contributed by atoms with Crippen LogP contribution < -0.4 is 4.74 Å². The standard InChI is InChI=1S/C35H44N2O6/c1-3-4-5-6-7-8-9-10-11-12-14-27-25-36-33(37-26-27)28-16-18-30(19-17-28)35(40)43-31-22-20-29(21-23-31)34(39)42-24-13-15-32(38)41-2/h16-23,25-26H,3-15,24H2,1-2H3. The van der Waals surface area contributed by atoms with Crippen LogP contribution in [0.15, 0.2) is 60.9 Å². The predicted molar refractivity (Wildman–Crippen MR) is 166 cm³/mol. The average molecular weight is 589 g/mol. The first kappa shape index (κ1) is 33.4. The van der Waals surface area contributed by atoms with Crippen molar-refractivity contribution in [3.8, 4) is 17.1 Å². The Hall–Kier alpha value is -4.07. The van der Waals surface area contributed by atoms with Gasteiger partial charge in [0.1, 0.15) is 5.75 Å². The molecule has 0 unspecified atom stereocenters. The summed E-state index contributed by atoms with van der Waals surface area (Å²) in [6.45, 7) is 2.36. The summed E-state index contributed by atoms with van der Waals surface area (Å²) in [5, 5.41) is 0. The Kier molecular flexibility index (Phi) is 14.9. The van der Waals surface area contributed by atoms with E-state index in [-0.39, 0.29) is 19.0 Å². The van der Waals surface area contributed by atoms with Gasteiger partial charge in [-0.1, -0.05) is 76.8 Å². The quantitative estimate of drug-likeness (QED) is 0.0790. The molecule has 3 rings (SSSR count). The van der Waals surface area contributed by atoms with Gasteiger partial charge in [-0.25, -0.2) is 19.6 Å². The van der Waals surface area contributed by atoms with Gasteiger partial charge in [-0.15, -0.1) is 0 Å². The van der Waals surface area contributed by atoms with Crippen molar-refractivity contribution in [2.75, 3.05) is 13.7 Å². The molecule has 0 N–H and O–H groups in total. The molecule has 0 aliphatic carbocycles. The smallest absolute Gasteiger partial charge is 0.343 e. The van der Waals surface area contributed by atoms with Crippen molar-refractivity contribution in [2.24, 2.45) is 0 Å². The number of unbranched alkanes of at least 4 members (excludes halogenated alkanes) is 9. The molecule has 0 saturated carbocycles. The van der Waals surface area contributed by atoms with E-state index in [1.807, 2.05) is 12.4 Å². The maximum atomic E-state index is 12.6. The van der Waals surface area contributed by atoms with Crippen LogP contribution in [-0.2, 0) is 20.7 Å². The van der Waals surface area contributed by atoms with Crippen molar-refractivity contribution in [1.82, 2.24) is 9.97 Å². The van der Waals surface area contributed by atoms with Crippen LogP contribution in [0.4, 0.5) is 0 Å². The second-order valence-corrected chi connectivity index (χ2v) is 10.7. The fourth-order valence-corrected chi connectivity index (χ4v) is 4.60. The van der Waals surface area contributed by atoms with Gasteiger partial charge in [-0.3, -0.25) is 4.79 Å². The van der Waals surface area contributed by atoms with Crippen molar-refractivity contribution < 1.29 is 28.6 Å². The Balaban J connectivity index is 1.38. The molecule has 8 heteroatoms. The Morgan fingerprint density at radius 3 is 1.84 bits per heavy atom. The van der Waals surface area contributed by atoms with Gasteiger partial charge in [-0.2, -0.15) is 0 Å². The number of esters is 3. The first-order valence-corrected chi connectivity index (χ1v) is 15.5. The van der Waals surface area contributed by atoms with Gasteiger partial charge in [0.05, 0.1) is 24.8 Å². The topological polar surface area (TPSA) is 105 Å². The van der Waals surface area contributed by atoms with Gasteiger partial charge in [0.2, 0.25) is 0 Å². The molecule has 2 aromatic carbocycles. The Morgan fingerprint density at radius 2 is 1.23 bits per heavy atom. The van der Waals surface area contributed by atoms with Crippen LogP contribution >= 0.6 is 0 Å². The lowest BCUT2D eigenvalue weighted by Crippen LogP contribution is -2.10. The van der Waals surface area contributed by atoms with Crippen molar-refractivity contribution >= 4 is 17.9 Å². The Labute approximate surface area is 255 Å². The van der Waals surface area contributed by atoms with Crippen molar-refractivity contribution in [3.63, 3.8) is 0 Å². The number of methoxy groups -OCH3 is 1. The average Bonchev–Trinajstić information content (AvgIpc) is 3.04. The van der Waals surface area contributed by atoms with Crippen LogP contribution in [0, 0.1) is 0 Å². The fourth-order valence-electron chi connectivity index (χ4n) is 4.60. The second-order valence-electron chi connectivity index (χ2n) is 10.7. The third kappa shape index (κ3) is 12.4. The fraction of sp³-hybridized carbons (Fsp3) is 0.457. The van der Waals surface area contributed by atoms with Gasteiger partial charge < -0.3 is 14.2 Å².